The van der Waals surface area contributed by atoms with Gasteiger partial charge in [-0.3, -0.25) is 4.79 Å². The number of nitriles is 1. The maximum Gasteiger partial charge on any atom is 0.290 e. The Labute approximate surface area is 92.9 Å². The van der Waals surface area contributed by atoms with Crippen molar-refractivity contribution in [3.05, 3.63) is 34.3 Å². The van der Waals surface area contributed by atoms with Crippen molar-refractivity contribution < 1.29 is 9.90 Å². The van der Waals surface area contributed by atoms with Crippen LogP contribution in [-0.2, 0) is 4.79 Å². The Morgan fingerprint density at radius 2 is 2.13 bits per heavy atom. The minimum atomic E-state index is -0.250. The molecule has 0 amide bonds. The number of hydrogen-bond acceptors (Lipinski definition) is 2. The Balaban J connectivity index is 0.000000337. The zero-order chi connectivity index (χ0) is 11.3. The van der Waals surface area contributed by atoms with E-state index in [4.69, 9.17) is 26.8 Å². The van der Waals surface area contributed by atoms with Crippen molar-refractivity contribution in [3.63, 3.8) is 0 Å². The van der Waals surface area contributed by atoms with Gasteiger partial charge < -0.3 is 5.11 Å². The van der Waals surface area contributed by atoms with Crippen LogP contribution < -0.4 is 0 Å². The number of carboxylic acid groups (broad SMARTS) is 1. The van der Waals surface area contributed by atoms with Crippen LogP contribution in [0.5, 0.6) is 0 Å². The lowest BCUT2D eigenvalue weighted by Gasteiger charge is -2.00. The van der Waals surface area contributed by atoms with Crippen molar-refractivity contribution in [1.29, 1.82) is 5.26 Å². The normalized spacial score (nSPS) is 13.3. The third-order valence-electron chi connectivity index (χ3n) is 2.15. The highest BCUT2D eigenvalue weighted by Crippen LogP contribution is 2.42. The predicted octanol–water partition coefficient (Wildman–Crippen LogP) is 2.79. The SMILES string of the molecule is N#Cc1ccc(Cl)cc1C1CC1.O=CO. The molecule has 0 aromatic heterocycles. The maximum atomic E-state index is 8.79. The second kappa shape index (κ2) is 5.38. The molecule has 1 aromatic rings. The minimum absolute atomic E-state index is 0.250. The molecule has 1 N–H and O–H groups in total. The topological polar surface area (TPSA) is 61.1 Å². The molecule has 3 nitrogen and oxygen atoms in total. The molecule has 0 bridgehead atoms. The van der Waals surface area contributed by atoms with Crippen LogP contribution in [0.1, 0.15) is 29.9 Å². The molecule has 1 aliphatic carbocycles. The third kappa shape index (κ3) is 3.26. The first-order chi connectivity index (χ1) is 7.22. The highest BCUT2D eigenvalue weighted by molar-refractivity contribution is 6.30. The number of halogens is 1. The van der Waals surface area contributed by atoms with Crippen LogP contribution in [0, 0.1) is 11.3 Å². The summed E-state index contributed by atoms with van der Waals surface area (Å²) < 4.78 is 0. The zero-order valence-electron chi connectivity index (χ0n) is 7.98. The van der Waals surface area contributed by atoms with Crippen LogP contribution in [0.2, 0.25) is 5.02 Å². The fourth-order valence-electron chi connectivity index (χ4n) is 1.37. The second-order valence-electron chi connectivity index (χ2n) is 3.22. The van der Waals surface area contributed by atoms with Crippen molar-refractivity contribution in [2.45, 2.75) is 18.8 Å². The van der Waals surface area contributed by atoms with E-state index in [-0.39, 0.29) is 6.47 Å². The van der Waals surface area contributed by atoms with Gasteiger partial charge in [-0.25, -0.2) is 0 Å². The third-order valence-corrected chi connectivity index (χ3v) is 2.39. The molecule has 1 aliphatic rings. The fraction of sp³-hybridized carbons (Fsp3) is 0.273. The van der Waals surface area contributed by atoms with Crippen LogP contribution in [0.3, 0.4) is 0 Å². The summed E-state index contributed by atoms with van der Waals surface area (Å²) in [5.74, 6) is 0.596. The van der Waals surface area contributed by atoms with Gasteiger partial charge in [0.1, 0.15) is 0 Å². The van der Waals surface area contributed by atoms with E-state index in [0.29, 0.717) is 5.92 Å². The van der Waals surface area contributed by atoms with Crippen LogP contribution in [0.15, 0.2) is 18.2 Å². The Bertz CT molecular complexity index is 394. The van der Waals surface area contributed by atoms with Crippen LogP contribution in [0.4, 0.5) is 0 Å². The average molecular weight is 224 g/mol. The van der Waals surface area contributed by atoms with Crippen molar-refractivity contribution in [2.75, 3.05) is 0 Å². The molecule has 0 heterocycles. The van der Waals surface area contributed by atoms with E-state index in [1.807, 2.05) is 6.07 Å². The zero-order valence-corrected chi connectivity index (χ0v) is 8.74. The molecule has 0 atom stereocenters. The monoisotopic (exact) mass is 223 g/mol. The lowest BCUT2D eigenvalue weighted by atomic mass is 10.0. The van der Waals surface area contributed by atoms with Gasteiger partial charge in [0.25, 0.3) is 6.47 Å². The fourth-order valence-corrected chi connectivity index (χ4v) is 1.55. The number of carbonyl (C=O) groups is 1. The van der Waals surface area contributed by atoms with E-state index in [0.717, 1.165) is 16.1 Å². The summed E-state index contributed by atoms with van der Waals surface area (Å²) in [5, 5.41) is 16.4. The lowest BCUT2D eigenvalue weighted by molar-refractivity contribution is -0.122. The smallest absolute Gasteiger partial charge is 0.290 e. The average Bonchev–Trinajstić information content (AvgIpc) is 3.02. The standard InChI is InChI=1S/C10H8ClN.CH2O2/c11-9-4-3-8(6-12)10(5-9)7-1-2-7;2-1-3/h3-5,7H,1-2H2;1H,(H,2,3). The van der Waals surface area contributed by atoms with Gasteiger partial charge in [0.2, 0.25) is 0 Å². The first-order valence-corrected chi connectivity index (χ1v) is 4.88. The van der Waals surface area contributed by atoms with Gasteiger partial charge in [0.15, 0.2) is 0 Å². The molecule has 0 spiro atoms. The van der Waals surface area contributed by atoms with Gasteiger partial charge in [0, 0.05) is 5.02 Å². The van der Waals surface area contributed by atoms with Gasteiger partial charge in [-0.05, 0) is 42.5 Å². The first-order valence-electron chi connectivity index (χ1n) is 4.50. The molecule has 4 heteroatoms. The Morgan fingerprint density at radius 3 is 2.60 bits per heavy atom. The van der Waals surface area contributed by atoms with Gasteiger partial charge >= 0.3 is 0 Å². The summed E-state index contributed by atoms with van der Waals surface area (Å²) >= 11 is 5.84. The predicted molar refractivity (Wildman–Crippen MR) is 56.8 cm³/mol. The Hall–Kier alpha value is -1.53. The van der Waals surface area contributed by atoms with Gasteiger partial charge in [0.05, 0.1) is 11.6 Å². The molecule has 0 saturated heterocycles. The molecule has 1 aromatic carbocycles. The minimum Gasteiger partial charge on any atom is -0.483 e. The molecule has 1 saturated carbocycles. The van der Waals surface area contributed by atoms with Crippen LogP contribution in [0.25, 0.3) is 0 Å². The van der Waals surface area contributed by atoms with Crippen LogP contribution >= 0.6 is 11.6 Å². The molecule has 0 unspecified atom stereocenters. The molecule has 1 fully saturated rings. The quantitative estimate of drug-likeness (QED) is 0.745. The van der Waals surface area contributed by atoms with Crippen molar-refractivity contribution >= 4 is 18.1 Å². The lowest BCUT2D eigenvalue weighted by Crippen LogP contribution is -1.85. The molecule has 78 valence electrons. The Morgan fingerprint density at radius 1 is 1.53 bits per heavy atom. The largest absolute Gasteiger partial charge is 0.483 e. The van der Waals surface area contributed by atoms with Gasteiger partial charge in [-0.15, -0.1) is 0 Å². The van der Waals surface area contributed by atoms with Gasteiger partial charge in [-0.2, -0.15) is 5.26 Å². The number of hydrogen-bond donors (Lipinski definition) is 1. The van der Waals surface area contributed by atoms with E-state index >= 15 is 0 Å². The van der Waals surface area contributed by atoms with Crippen LogP contribution in [-0.4, -0.2) is 11.6 Å². The summed E-state index contributed by atoms with van der Waals surface area (Å²) in [6.45, 7) is -0.250. The van der Waals surface area contributed by atoms with E-state index in [2.05, 4.69) is 6.07 Å². The van der Waals surface area contributed by atoms with E-state index in [1.165, 1.54) is 12.8 Å². The summed E-state index contributed by atoms with van der Waals surface area (Å²) in [6, 6.07) is 7.67. The molecular weight excluding hydrogens is 214 g/mol. The molecule has 2 rings (SSSR count). The highest BCUT2D eigenvalue weighted by atomic mass is 35.5. The summed E-state index contributed by atoms with van der Waals surface area (Å²) in [5.41, 5.74) is 1.91. The summed E-state index contributed by atoms with van der Waals surface area (Å²) in [6.07, 6.45) is 2.41. The number of nitrogens with zero attached hydrogens (tertiary/aromatic N) is 1. The van der Waals surface area contributed by atoms with Crippen molar-refractivity contribution in [3.8, 4) is 6.07 Å². The molecule has 0 aliphatic heterocycles. The van der Waals surface area contributed by atoms with E-state index in [9.17, 15) is 0 Å². The maximum absolute atomic E-state index is 8.79. The first kappa shape index (κ1) is 11.5. The number of benzene rings is 1. The summed E-state index contributed by atoms with van der Waals surface area (Å²) in [4.78, 5) is 8.36. The van der Waals surface area contributed by atoms with E-state index < -0.39 is 0 Å². The van der Waals surface area contributed by atoms with Crippen molar-refractivity contribution in [2.24, 2.45) is 0 Å². The highest BCUT2D eigenvalue weighted by Gasteiger charge is 2.26. The number of rotatable bonds is 1. The summed E-state index contributed by atoms with van der Waals surface area (Å²) in [7, 11) is 0. The molecule has 15 heavy (non-hydrogen) atoms. The van der Waals surface area contributed by atoms with E-state index in [1.54, 1.807) is 12.1 Å². The van der Waals surface area contributed by atoms with Gasteiger partial charge in [-0.1, -0.05) is 11.6 Å². The molecule has 0 radical (unpaired) electrons. The second-order valence-corrected chi connectivity index (χ2v) is 3.66. The molecular formula is C11H10ClNO2. The van der Waals surface area contributed by atoms with Crippen molar-refractivity contribution in [1.82, 2.24) is 0 Å². The Kier molecular flexibility index (Phi) is 4.14.